The zero-order valence-electron chi connectivity index (χ0n) is 22.4. The monoisotopic (exact) mass is 537 g/mol. The fourth-order valence-corrected chi connectivity index (χ4v) is 4.78. The molecule has 40 heavy (non-hydrogen) atoms. The summed E-state index contributed by atoms with van der Waals surface area (Å²) in [6.45, 7) is 1.85. The lowest BCUT2D eigenvalue weighted by atomic mass is 9.97. The molecular weight excluding hydrogens is 502 g/mol. The van der Waals surface area contributed by atoms with E-state index in [0.717, 1.165) is 16.7 Å². The zero-order chi connectivity index (χ0) is 27.4. The summed E-state index contributed by atoms with van der Waals surface area (Å²) in [5, 5.41) is 3.14. The van der Waals surface area contributed by atoms with E-state index in [9.17, 15) is 4.79 Å². The number of hydrogen-bond acceptors (Lipinski definition) is 5. The third-order valence-electron chi connectivity index (χ3n) is 6.89. The van der Waals surface area contributed by atoms with Gasteiger partial charge in [-0.2, -0.15) is 0 Å². The Bertz CT molecular complexity index is 1290. The summed E-state index contributed by atoms with van der Waals surface area (Å²) in [6, 6.07) is 38.8. The highest BCUT2D eigenvalue weighted by atomic mass is 16.6. The van der Waals surface area contributed by atoms with Crippen molar-refractivity contribution in [3.8, 4) is 0 Å². The highest BCUT2D eigenvalue weighted by molar-refractivity contribution is 5.94. The maximum Gasteiger partial charge on any atom is 0.251 e. The molecule has 1 heterocycles. The van der Waals surface area contributed by atoms with Crippen LogP contribution < -0.4 is 5.32 Å². The smallest absolute Gasteiger partial charge is 0.251 e. The molecule has 0 aromatic heterocycles. The fraction of sp³-hybridized carbons (Fsp3) is 0.265. The van der Waals surface area contributed by atoms with Crippen LogP contribution in [0.25, 0.3) is 0 Å². The molecular formula is C34H35NO5. The molecule has 1 aliphatic heterocycles. The molecule has 1 N–H and O–H groups in total. The molecule has 6 nitrogen and oxygen atoms in total. The van der Waals surface area contributed by atoms with Crippen molar-refractivity contribution in [1.29, 1.82) is 0 Å². The van der Waals surface area contributed by atoms with Gasteiger partial charge in [-0.05, 0) is 28.8 Å². The van der Waals surface area contributed by atoms with Crippen molar-refractivity contribution in [1.82, 2.24) is 5.32 Å². The Labute approximate surface area is 235 Å². The highest BCUT2D eigenvalue weighted by Gasteiger charge is 2.43. The first kappa shape index (κ1) is 27.7. The third kappa shape index (κ3) is 7.87. The SMILES string of the molecule is O=C(N[C@@H]1CO[C@H](COCc2ccccc2)[C@H](OCc2ccccc2)[C@@H]1OCc1ccccc1)c1ccccc1. The average Bonchev–Trinajstić information content (AvgIpc) is 3.02. The van der Waals surface area contributed by atoms with Crippen molar-refractivity contribution in [2.24, 2.45) is 0 Å². The molecule has 0 spiro atoms. The molecule has 1 saturated heterocycles. The lowest BCUT2D eigenvalue weighted by Gasteiger charge is -2.42. The number of benzene rings is 4. The molecule has 0 aliphatic carbocycles. The van der Waals surface area contributed by atoms with Gasteiger partial charge in [-0.15, -0.1) is 0 Å². The van der Waals surface area contributed by atoms with Crippen molar-refractivity contribution in [2.75, 3.05) is 13.2 Å². The zero-order valence-corrected chi connectivity index (χ0v) is 22.4. The van der Waals surface area contributed by atoms with Crippen LogP contribution in [0, 0.1) is 0 Å². The normalized spacial score (nSPS) is 20.6. The number of carbonyl (C=O) groups is 1. The lowest BCUT2D eigenvalue weighted by Crippen LogP contribution is -2.61. The minimum atomic E-state index is -0.477. The van der Waals surface area contributed by atoms with Crippen LogP contribution in [0.4, 0.5) is 0 Å². The summed E-state index contributed by atoms with van der Waals surface area (Å²) in [6.07, 6.45) is -1.32. The van der Waals surface area contributed by atoms with Gasteiger partial charge in [-0.3, -0.25) is 4.79 Å². The second-order valence-electron chi connectivity index (χ2n) is 9.84. The van der Waals surface area contributed by atoms with Gasteiger partial charge in [0, 0.05) is 5.56 Å². The van der Waals surface area contributed by atoms with Crippen molar-refractivity contribution < 1.29 is 23.7 Å². The standard InChI is InChI=1S/C34H35NO5/c36-34(29-19-11-4-12-20-29)35-30-24-38-31(25-37-21-26-13-5-1-6-14-26)33(40-23-28-17-9-3-10-18-28)32(30)39-22-27-15-7-2-8-16-27/h1-20,30-33H,21-25H2,(H,35,36)/t30-,31-,32-,33+/m1/s1. The second-order valence-corrected chi connectivity index (χ2v) is 9.84. The van der Waals surface area contributed by atoms with E-state index in [1.54, 1.807) is 12.1 Å². The first-order chi connectivity index (χ1) is 19.8. The van der Waals surface area contributed by atoms with Crippen LogP contribution in [0.2, 0.25) is 0 Å². The number of carbonyl (C=O) groups excluding carboxylic acids is 1. The molecule has 1 fully saturated rings. The van der Waals surface area contributed by atoms with E-state index < -0.39 is 18.2 Å². The molecule has 0 radical (unpaired) electrons. The average molecular weight is 538 g/mol. The minimum absolute atomic E-state index is 0.178. The summed E-state index contributed by atoms with van der Waals surface area (Å²) in [5.74, 6) is -0.178. The predicted molar refractivity (Wildman–Crippen MR) is 154 cm³/mol. The lowest BCUT2D eigenvalue weighted by molar-refractivity contribution is -0.207. The maximum atomic E-state index is 13.1. The van der Waals surface area contributed by atoms with E-state index in [-0.39, 0.29) is 18.6 Å². The van der Waals surface area contributed by atoms with Crippen LogP contribution in [0.15, 0.2) is 121 Å². The van der Waals surface area contributed by atoms with Crippen LogP contribution in [0.1, 0.15) is 27.0 Å². The minimum Gasteiger partial charge on any atom is -0.374 e. The Hall–Kier alpha value is -3.81. The van der Waals surface area contributed by atoms with Crippen LogP contribution in [0.3, 0.4) is 0 Å². The molecule has 5 rings (SSSR count). The van der Waals surface area contributed by atoms with Gasteiger partial charge in [-0.25, -0.2) is 0 Å². The summed E-state index contributed by atoms with van der Waals surface area (Å²) in [4.78, 5) is 13.1. The van der Waals surface area contributed by atoms with E-state index in [2.05, 4.69) is 5.32 Å². The van der Waals surface area contributed by atoms with E-state index in [1.165, 1.54) is 0 Å². The van der Waals surface area contributed by atoms with E-state index >= 15 is 0 Å². The molecule has 0 bridgehead atoms. The van der Waals surface area contributed by atoms with Crippen LogP contribution >= 0.6 is 0 Å². The van der Waals surface area contributed by atoms with Crippen molar-refractivity contribution in [3.63, 3.8) is 0 Å². The molecule has 206 valence electrons. The van der Waals surface area contributed by atoms with Crippen molar-refractivity contribution >= 4 is 5.91 Å². The Morgan fingerprint density at radius 3 is 1.68 bits per heavy atom. The van der Waals surface area contributed by atoms with E-state index in [1.807, 2.05) is 109 Å². The summed E-state index contributed by atoms with van der Waals surface area (Å²) in [7, 11) is 0. The van der Waals surface area contributed by atoms with Gasteiger partial charge in [0.15, 0.2) is 0 Å². The van der Waals surface area contributed by atoms with Gasteiger partial charge in [0.05, 0.1) is 39.1 Å². The first-order valence-corrected chi connectivity index (χ1v) is 13.7. The van der Waals surface area contributed by atoms with Gasteiger partial charge in [-0.1, -0.05) is 109 Å². The molecule has 4 atom stereocenters. The summed E-state index contributed by atoms with van der Waals surface area (Å²) < 4.78 is 25.5. The topological polar surface area (TPSA) is 66.0 Å². The molecule has 4 aromatic carbocycles. The van der Waals surface area contributed by atoms with E-state index in [0.29, 0.717) is 32.0 Å². The van der Waals surface area contributed by atoms with E-state index in [4.69, 9.17) is 18.9 Å². The molecule has 0 saturated carbocycles. The Morgan fingerprint density at radius 1 is 0.650 bits per heavy atom. The van der Waals surface area contributed by atoms with Crippen LogP contribution in [-0.4, -0.2) is 43.5 Å². The molecule has 1 aliphatic rings. The van der Waals surface area contributed by atoms with Crippen molar-refractivity contribution in [3.05, 3.63) is 144 Å². The number of rotatable bonds is 12. The number of amides is 1. The number of nitrogens with one attached hydrogen (secondary N) is 1. The van der Waals surface area contributed by atoms with Crippen LogP contribution in [-0.2, 0) is 38.8 Å². The Balaban J connectivity index is 1.35. The maximum absolute atomic E-state index is 13.1. The molecule has 4 aromatic rings. The Kier molecular flexibility index (Phi) is 10.1. The summed E-state index contributed by atoms with van der Waals surface area (Å²) in [5.41, 5.74) is 3.76. The number of hydrogen-bond donors (Lipinski definition) is 1. The molecule has 0 unspecified atom stereocenters. The van der Waals surface area contributed by atoms with Gasteiger partial charge < -0.3 is 24.3 Å². The molecule has 1 amide bonds. The first-order valence-electron chi connectivity index (χ1n) is 13.7. The predicted octanol–water partition coefficient (Wildman–Crippen LogP) is 5.57. The summed E-state index contributed by atoms with van der Waals surface area (Å²) >= 11 is 0. The molecule has 6 heteroatoms. The fourth-order valence-electron chi connectivity index (χ4n) is 4.78. The van der Waals surface area contributed by atoms with Gasteiger partial charge >= 0.3 is 0 Å². The largest absolute Gasteiger partial charge is 0.374 e. The van der Waals surface area contributed by atoms with Gasteiger partial charge in [0.1, 0.15) is 18.3 Å². The highest BCUT2D eigenvalue weighted by Crippen LogP contribution is 2.25. The quantitative estimate of drug-likeness (QED) is 0.256. The van der Waals surface area contributed by atoms with Crippen molar-refractivity contribution in [2.45, 2.75) is 44.2 Å². The van der Waals surface area contributed by atoms with Crippen LogP contribution in [0.5, 0.6) is 0 Å². The van der Waals surface area contributed by atoms with Gasteiger partial charge in [0.2, 0.25) is 0 Å². The second kappa shape index (κ2) is 14.5. The van der Waals surface area contributed by atoms with Gasteiger partial charge in [0.25, 0.3) is 5.91 Å². The third-order valence-corrected chi connectivity index (χ3v) is 6.89. The number of ether oxygens (including phenoxy) is 4. The Morgan fingerprint density at radius 2 is 1.12 bits per heavy atom.